The van der Waals surface area contributed by atoms with Crippen molar-refractivity contribution in [3.05, 3.63) is 47.7 Å². The molecule has 166 valence electrons. The van der Waals surface area contributed by atoms with Gasteiger partial charge in [-0.2, -0.15) is 0 Å². The van der Waals surface area contributed by atoms with Crippen molar-refractivity contribution in [3.8, 4) is 17.1 Å². The number of hydrogen-bond acceptors (Lipinski definition) is 6. The number of hydrogen-bond donors (Lipinski definition) is 0. The molecule has 8 heteroatoms. The van der Waals surface area contributed by atoms with E-state index in [-0.39, 0.29) is 11.9 Å². The van der Waals surface area contributed by atoms with Gasteiger partial charge >= 0.3 is 0 Å². The predicted molar refractivity (Wildman–Crippen MR) is 123 cm³/mol. The van der Waals surface area contributed by atoms with Crippen LogP contribution in [0, 0.1) is 6.92 Å². The molecule has 1 aliphatic carbocycles. The third-order valence-corrected chi connectivity index (χ3v) is 6.61. The maximum Gasteiger partial charge on any atom is 0.253 e. The van der Waals surface area contributed by atoms with Crippen molar-refractivity contribution in [1.29, 1.82) is 0 Å². The van der Waals surface area contributed by atoms with Crippen LogP contribution in [0.4, 0.5) is 5.82 Å². The second kappa shape index (κ2) is 8.00. The summed E-state index contributed by atoms with van der Waals surface area (Å²) < 4.78 is 2.06. The number of aryl methyl sites for hydroxylation is 1. The van der Waals surface area contributed by atoms with Crippen LogP contribution in [-0.4, -0.2) is 55.7 Å². The van der Waals surface area contributed by atoms with Gasteiger partial charge in [-0.1, -0.05) is 31.9 Å². The van der Waals surface area contributed by atoms with Crippen LogP contribution in [-0.2, 0) is 0 Å². The van der Waals surface area contributed by atoms with Gasteiger partial charge in [0.05, 0.1) is 11.7 Å². The van der Waals surface area contributed by atoms with E-state index < -0.39 is 0 Å². The Morgan fingerprint density at radius 1 is 1.19 bits per heavy atom. The zero-order chi connectivity index (χ0) is 22.4. The Bertz CT molecular complexity index is 1160. The number of carbonyl (C=O) groups excluding carboxylic acids is 1. The summed E-state index contributed by atoms with van der Waals surface area (Å²) in [6.07, 6.45) is 7.51. The summed E-state index contributed by atoms with van der Waals surface area (Å²) in [6, 6.07) is 8.15. The minimum Gasteiger partial charge on any atom is -0.345 e. The Balaban J connectivity index is 1.68. The van der Waals surface area contributed by atoms with Crippen LogP contribution in [0.2, 0.25) is 0 Å². The summed E-state index contributed by atoms with van der Waals surface area (Å²) >= 11 is 0. The first-order valence-electron chi connectivity index (χ1n) is 11.4. The van der Waals surface area contributed by atoms with E-state index in [4.69, 9.17) is 9.97 Å². The highest BCUT2D eigenvalue weighted by atomic mass is 16.2. The minimum absolute atomic E-state index is 0.0331. The number of rotatable bonds is 4. The third-order valence-electron chi connectivity index (χ3n) is 6.61. The van der Waals surface area contributed by atoms with Gasteiger partial charge in [0.25, 0.3) is 5.91 Å². The maximum atomic E-state index is 12.5. The Labute approximate surface area is 188 Å². The highest BCUT2D eigenvalue weighted by molar-refractivity contribution is 5.95. The second-order valence-corrected chi connectivity index (χ2v) is 8.91. The summed E-state index contributed by atoms with van der Waals surface area (Å²) in [4.78, 5) is 26.5. The van der Waals surface area contributed by atoms with E-state index in [0.717, 1.165) is 47.8 Å². The number of aromatic nitrogens is 5. The highest BCUT2D eigenvalue weighted by Crippen LogP contribution is 2.44. The zero-order valence-electron chi connectivity index (χ0n) is 19.1. The Kier molecular flexibility index (Phi) is 5.15. The van der Waals surface area contributed by atoms with Crippen LogP contribution in [0.1, 0.15) is 66.9 Å². The molecular formula is C24H29N7O. The molecule has 0 spiro atoms. The van der Waals surface area contributed by atoms with Crippen molar-refractivity contribution in [2.75, 3.05) is 19.0 Å². The molecule has 32 heavy (non-hydrogen) atoms. The van der Waals surface area contributed by atoms with E-state index in [1.165, 1.54) is 12.8 Å². The molecule has 1 amide bonds. The predicted octanol–water partition coefficient (Wildman–Crippen LogP) is 3.95. The lowest BCUT2D eigenvalue weighted by Gasteiger charge is -2.41. The van der Waals surface area contributed by atoms with Gasteiger partial charge in [-0.3, -0.25) is 9.36 Å². The zero-order valence-corrected chi connectivity index (χ0v) is 19.1. The van der Waals surface area contributed by atoms with Crippen LogP contribution in [0.5, 0.6) is 0 Å². The molecule has 0 radical (unpaired) electrons. The molecule has 0 unspecified atom stereocenters. The molecule has 1 aromatic carbocycles. The standard InChI is InChI=1S/C24H29N7O/c1-5-19-22-28-25-14-30(22)20-15(2)26-21(27-23(20)31(19)18-11-6-7-12-18)16-9-8-10-17(13-16)24(32)29(3)4/h8-10,13-14,18-19H,5-7,11-12H2,1-4H3/t19-/m1/s1. The molecule has 0 N–H and O–H groups in total. The SMILES string of the molecule is CC[C@@H]1c2nncn2-c2c(C)nc(-c3cccc(C(=O)N(C)C)c3)nc2N1C1CCCC1. The topological polar surface area (TPSA) is 80.0 Å². The molecule has 5 rings (SSSR count). The van der Waals surface area contributed by atoms with Crippen molar-refractivity contribution in [2.45, 2.75) is 58.0 Å². The van der Waals surface area contributed by atoms with Crippen LogP contribution in [0.3, 0.4) is 0 Å². The molecule has 1 atom stereocenters. The monoisotopic (exact) mass is 431 g/mol. The summed E-state index contributed by atoms with van der Waals surface area (Å²) in [7, 11) is 3.52. The van der Waals surface area contributed by atoms with Gasteiger partial charge in [-0.15, -0.1) is 10.2 Å². The molecule has 2 aliphatic rings. The molecule has 1 fully saturated rings. The Hall–Kier alpha value is -3.29. The van der Waals surface area contributed by atoms with Crippen molar-refractivity contribution in [2.24, 2.45) is 0 Å². The lowest BCUT2D eigenvalue weighted by atomic mass is 10.0. The summed E-state index contributed by atoms with van der Waals surface area (Å²) in [6.45, 7) is 4.21. The molecule has 2 aromatic heterocycles. The average Bonchev–Trinajstić information content (AvgIpc) is 3.49. The number of amides is 1. The van der Waals surface area contributed by atoms with E-state index in [9.17, 15) is 4.79 Å². The summed E-state index contributed by atoms with van der Waals surface area (Å²) in [5.74, 6) is 2.52. The van der Waals surface area contributed by atoms with E-state index >= 15 is 0 Å². The van der Waals surface area contributed by atoms with Crippen molar-refractivity contribution >= 4 is 11.7 Å². The molecule has 3 aromatic rings. The highest BCUT2D eigenvalue weighted by Gasteiger charge is 2.39. The number of fused-ring (bicyclic) bond motifs is 3. The smallest absolute Gasteiger partial charge is 0.253 e. The fourth-order valence-electron chi connectivity index (χ4n) is 5.10. The number of nitrogens with zero attached hydrogens (tertiary/aromatic N) is 7. The molecule has 0 bridgehead atoms. The lowest BCUT2D eigenvalue weighted by molar-refractivity contribution is 0.0827. The normalized spacial score (nSPS) is 17.9. The fourth-order valence-corrected chi connectivity index (χ4v) is 5.10. The molecule has 1 aliphatic heterocycles. The average molecular weight is 432 g/mol. The molecule has 1 saturated carbocycles. The maximum absolute atomic E-state index is 12.5. The van der Waals surface area contributed by atoms with Crippen molar-refractivity contribution in [3.63, 3.8) is 0 Å². The largest absolute Gasteiger partial charge is 0.345 e. The first-order chi connectivity index (χ1) is 15.5. The van der Waals surface area contributed by atoms with Gasteiger partial charge in [0.15, 0.2) is 17.5 Å². The number of benzene rings is 1. The van der Waals surface area contributed by atoms with Crippen LogP contribution >= 0.6 is 0 Å². The van der Waals surface area contributed by atoms with E-state index in [0.29, 0.717) is 17.4 Å². The molecule has 0 saturated heterocycles. The van der Waals surface area contributed by atoms with E-state index in [1.54, 1.807) is 25.3 Å². The second-order valence-electron chi connectivity index (χ2n) is 8.91. The molecule has 3 heterocycles. The Morgan fingerprint density at radius 2 is 1.97 bits per heavy atom. The van der Waals surface area contributed by atoms with Crippen molar-refractivity contribution < 1.29 is 4.79 Å². The minimum atomic E-state index is -0.0331. The molecule has 8 nitrogen and oxygen atoms in total. The van der Waals surface area contributed by atoms with Crippen LogP contribution < -0.4 is 4.90 Å². The molecular weight excluding hydrogens is 402 g/mol. The van der Waals surface area contributed by atoms with Gasteiger partial charge in [-0.25, -0.2) is 9.97 Å². The Morgan fingerprint density at radius 3 is 2.69 bits per heavy atom. The number of anilines is 1. The van der Waals surface area contributed by atoms with Crippen molar-refractivity contribution in [1.82, 2.24) is 29.6 Å². The third kappa shape index (κ3) is 3.25. The van der Waals surface area contributed by atoms with Gasteiger partial charge in [0.2, 0.25) is 0 Å². The van der Waals surface area contributed by atoms with Crippen LogP contribution in [0.15, 0.2) is 30.6 Å². The van der Waals surface area contributed by atoms with E-state index in [1.807, 2.05) is 31.2 Å². The van der Waals surface area contributed by atoms with Gasteiger partial charge in [0, 0.05) is 31.3 Å². The summed E-state index contributed by atoms with van der Waals surface area (Å²) in [5.41, 5.74) is 3.32. The fraction of sp³-hybridized carbons (Fsp3) is 0.458. The van der Waals surface area contributed by atoms with Gasteiger partial charge in [0.1, 0.15) is 12.0 Å². The quantitative estimate of drug-likeness (QED) is 0.622. The van der Waals surface area contributed by atoms with Crippen LogP contribution in [0.25, 0.3) is 17.1 Å². The first kappa shape index (κ1) is 20.6. The number of carbonyl (C=O) groups is 1. The van der Waals surface area contributed by atoms with Gasteiger partial charge in [-0.05, 0) is 38.3 Å². The van der Waals surface area contributed by atoms with Gasteiger partial charge < -0.3 is 9.80 Å². The lowest BCUT2D eigenvalue weighted by Crippen LogP contribution is -2.42. The first-order valence-corrected chi connectivity index (χ1v) is 11.4. The van der Waals surface area contributed by atoms with E-state index in [2.05, 4.69) is 26.6 Å². The summed E-state index contributed by atoms with van der Waals surface area (Å²) in [5, 5.41) is 8.69.